The highest BCUT2D eigenvalue weighted by molar-refractivity contribution is 5.95. The predicted octanol–water partition coefficient (Wildman–Crippen LogP) is 0.491. The number of hydrogen-bond acceptors (Lipinski definition) is 4. The number of aliphatic hydroxyl groups is 1. The molecule has 0 atom stereocenters. The maximum absolute atomic E-state index is 11.8. The van der Waals surface area contributed by atoms with Gasteiger partial charge in [0.25, 0.3) is 5.91 Å². The van der Waals surface area contributed by atoms with Crippen molar-refractivity contribution < 1.29 is 14.6 Å². The fourth-order valence-electron chi connectivity index (χ4n) is 1.48. The van der Waals surface area contributed by atoms with E-state index in [1.54, 1.807) is 24.3 Å². The Balaban J connectivity index is 2.48. The summed E-state index contributed by atoms with van der Waals surface area (Å²) in [6.07, 6.45) is 0.213. The van der Waals surface area contributed by atoms with Gasteiger partial charge in [0.1, 0.15) is 0 Å². The number of carbonyl (C=O) groups is 1. The van der Waals surface area contributed by atoms with Gasteiger partial charge in [-0.25, -0.2) is 0 Å². The minimum Gasteiger partial charge on any atom is -0.394 e. The van der Waals surface area contributed by atoms with Crippen molar-refractivity contribution in [3.63, 3.8) is 0 Å². The molecule has 18 heavy (non-hydrogen) atoms. The Kier molecular flexibility index (Phi) is 6.47. The molecule has 1 amide bonds. The van der Waals surface area contributed by atoms with Gasteiger partial charge >= 0.3 is 0 Å². The Bertz CT molecular complexity index is 426. The summed E-state index contributed by atoms with van der Waals surface area (Å²) in [6.45, 7) is 0.965. The average molecular weight is 248 g/mol. The topological polar surface area (TPSA) is 82.4 Å². The lowest BCUT2D eigenvalue weighted by Gasteiger charge is -2.08. The normalized spacial score (nSPS) is 9.78. The van der Waals surface area contributed by atoms with Gasteiger partial charge in [0.2, 0.25) is 0 Å². The van der Waals surface area contributed by atoms with Gasteiger partial charge in [0.15, 0.2) is 0 Å². The molecule has 0 heterocycles. The minimum atomic E-state index is -0.214. The van der Waals surface area contributed by atoms with E-state index in [2.05, 4.69) is 5.32 Å². The molecule has 0 fully saturated rings. The third kappa shape index (κ3) is 4.53. The summed E-state index contributed by atoms with van der Waals surface area (Å²) in [4.78, 5) is 11.8. The van der Waals surface area contributed by atoms with Crippen LogP contribution in [0.3, 0.4) is 0 Å². The summed E-state index contributed by atoms with van der Waals surface area (Å²) in [5, 5.41) is 19.9. The van der Waals surface area contributed by atoms with E-state index in [0.717, 1.165) is 0 Å². The largest absolute Gasteiger partial charge is 0.394 e. The van der Waals surface area contributed by atoms with Crippen molar-refractivity contribution in [1.82, 2.24) is 5.32 Å². The lowest BCUT2D eigenvalue weighted by molar-refractivity contribution is 0.0837. The molecule has 2 N–H and O–H groups in total. The first-order valence-electron chi connectivity index (χ1n) is 5.71. The molecule has 5 heteroatoms. The monoisotopic (exact) mass is 248 g/mol. The van der Waals surface area contributed by atoms with Crippen LogP contribution < -0.4 is 5.32 Å². The first-order valence-corrected chi connectivity index (χ1v) is 5.71. The summed E-state index contributed by atoms with van der Waals surface area (Å²) in [5.74, 6) is -0.214. The smallest absolute Gasteiger partial charge is 0.251 e. The van der Waals surface area contributed by atoms with Gasteiger partial charge in [-0.15, -0.1) is 0 Å². The zero-order valence-corrected chi connectivity index (χ0v) is 10.1. The molecule has 0 aliphatic carbocycles. The lowest BCUT2D eigenvalue weighted by atomic mass is 10.0. The quantitative estimate of drug-likeness (QED) is 0.688. The second-order valence-electron chi connectivity index (χ2n) is 3.58. The van der Waals surface area contributed by atoms with Crippen LogP contribution in [0.25, 0.3) is 0 Å². The van der Waals surface area contributed by atoms with Crippen molar-refractivity contribution >= 4 is 5.91 Å². The van der Waals surface area contributed by atoms with Crippen molar-refractivity contribution in [2.24, 2.45) is 0 Å². The molecule has 0 saturated heterocycles. The van der Waals surface area contributed by atoms with E-state index in [4.69, 9.17) is 15.1 Å². The van der Waals surface area contributed by atoms with Crippen molar-refractivity contribution in [3.8, 4) is 6.07 Å². The second kappa shape index (κ2) is 8.23. The number of amides is 1. The van der Waals surface area contributed by atoms with Gasteiger partial charge in [-0.3, -0.25) is 4.79 Å². The highest BCUT2D eigenvalue weighted by atomic mass is 16.5. The van der Waals surface area contributed by atoms with Gasteiger partial charge in [-0.1, -0.05) is 18.2 Å². The molecular weight excluding hydrogens is 232 g/mol. The van der Waals surface area contributed by atoms with Crippen molar-refractivity contribution in [1.29, 1.82) is 5.26 Å². The van der Waals surface area contributed by atoms with E-state index in [1.165, 1.54) is 0 Å². The molecule has 0 bridgehead atoms. The van der Waals surface area contributed by atoms with E-state index in [1.807, 2.05) is 6.07 Å². The number of hydrogen-bond donors (Lipinski definition) is 2. The number of aliphatic hydroxyl groups excluding tert-OH is 1. The Morgan fingerprint density at radius 1 is 1.39 bits per heavy atom. The van der Waals surface area contributed by atoms with Crippen LogP contribution in [-0.4, -0.2) is 37.4 Å². The molecule has 0 aliphatic rings. The minimum absolute atomic E-state index is 0.0288. The molecule has 0 radical (unpaired) electrons. The first-order chi connectivity index (χ1) is 8.79. The zero-order valence-electron chi connectivity index (χ0n) is 10.1. The van der Waals surface area contributed by atoms with Crippen LogP contribution in [0.5, 0.6) is 0 Å². The molecule has 0 saturated carbocycles. The summed E-state index contributed by atoms with van der Waals surface area (Å²) in [7, 11) is 0. The summed E-state index contributed by atoms with van der Waals surface area (Å²) in [5.41, 5.74) is 1.23. The molecule has 0 spiro atoms. The fourth-order valence-corrected chi connectivity index (χ4v) is 1.48. The first kappa shape index (κ1) is 14.2. The summed E-state index contributed by atoms with van der Waals surface area (Å²) < 4.78 is 5.03. The van der Waals surface area contributed by atoms with Crippen molar-refractivity contribution in [2.75, 3.05) is 26.4 Å². The van der Waals surface area contributed by atoms with E-state index in [0.29, 0.717) is 24.3 Å². The molecule has 0 aromatic heterocycles. The Morgan fingerprint density at radius 2 is 2.17 bits per heavy atom. The fraction of sp³-hybridized carbons (Fsp3) is 0.385. The number of ether oxygens (including phenoxy) is 1. The van der Waals surface area contributed by atoms with Crippen LogP contribution in [-0.2, 0) is 11.2 Å². The van der Waals surface area contributed by atoms with Crippen LogP contribution in [0, 0.1) is 11.3 Å². The van der Waals surface area contributed by atoms with Gasteiger partial charge in [-0.2, -0.15) is 5.26 Å². The van der Waals surface area contributed by atoms with E-state index in [9.17, 15) is 4.79 Å². The predicted molar refractivity (Wildman–Crippen MR) is 66.0 cm³/mol. The third-order valence-corrected chi connectivity index (χ3v) is 2.30. The lowest BCUT2D eigenvalue weighted by Crippen LogP contribution is -2.28. The maximum Gasteiger partial charge on any atom is 0.251 e. The third-order valence-electron chi connectivity index (χ3n) is 2.30. The molecule has 1 rings (SSSR count). The van der Waals surface area contributed by atoms with E-state index in [-0.39, 0.29) is 25.5 Å². The zero-order chi connectivity index (χ0) is 13.2. The van der Waals surface area contributed by atoms with Crippen molar-refractivity contribution in [2.45, 2.75) is 6.42 Å². The number of benzene rings is 1. The SMILES string of the molecule is N#CCc1ccccc1C(=O)NCCOCCO. The average Bonchev–Trinajstić information content (AvgIpc) is 2.39. The van der Waals surface area contributed by atoms with Crippen LogP contribution in [0.15, 0.2) is 24.3 Å². The standard InChI is InChI=1S/C13H16N2O3/c14-6-5-11-3-1-2-4-12(11)13(17)15-7-9-18-10-8-16/h1-4,16H,5,7-10H2,(H,15,17). The van der Waals surface area contributed by atoms with E-state index < -0.39 is 0 Å². The molecule has 0 unspecified atom stereocenters. The number of nitrogens with one attached hydrogen (secondary N) is 1. The van der Waals surface area contributed by atoms with Gasteiger partial charge < -0.3 is 15.2 Å². The maximum atomic E-state index is 11.8. The summed E-state index contributed by atoms with van der Waals surface area (Å²) in [6, 6.07) is 9.05. The number of rotatable bonds is 7. The van der Waals surface area contributed by atoms with Crippen LogP contribution in [0.2, 0.25) is 0 Å². The van der Waals surface area contributed by atoms with Crippen molar-refractivity contribution in [3.05, 3.63) is 35.4 Å². The Labute approximate surface area is 106 Å². The number of nitriles is 1. The van der Waals surface area contributed by atoms with Crippen LogP contribution in [0.4, 0.5) is 0 Å². The van der Waals surface area contributed by atoms with E-state index >= 15 is 0 Å². The molecule has 0 aliphatic heterocycles. The highest BCUT2D eigenvalue weighted by Crippen LogP contribution is 2.08. The Morgan fingerprint density at radius 3 is 2.89 bits per heavy atom. The second-order valence-corrected chi connectivity index (χ2v) is 3.58. The number of carbonyl (C=O) groups excluding carboxylic acids is 1. The number of nitrogens with zero attached hydrogens (tertiary/aromatic N) is 1. The van der Waals surface area contributed by atoms with Gasteiger partial charge in [0.05, 0.1) is 32.3 Å². The highest BCUT2D eigenvalue weighted by Gasteiger charge is 2.09. The molecule has 1 aromatic carbocycles. The van der Waals surface area contributed by atoms with Gasteiger partial charge in [-0.05, 0) is 11.6 Å². The summed E-state index contributed by atoms with van der Waals surface area (Å²) >= 11 is 0. The van der Waals surface area contributed by atoms with Gasteiger partial charge in [0, 0.05) is 12.1 Å². The Hall–Kier alpha value is -1.90. The molecule has 96 valence electrons. The van der Waals surface area contributed by atoms with Crippen LogP contribution >= 0.6 is 0 Å². The molecular formula is C13H16N2O3. The van der Waals surface area contributed by atoms with Crippen LogP contribution in [0.1, 0.15) is 15.9 Å². The molecule has 5 nitrogen and oxygen atoms in total. The molecule has 1 aromatic rings.